The molecule has 112 valence electrons. The number of piperidine rings is 1. The minimum atomic E-state index is 0. The minimum Gasteiger partial charge on any atom is -0.378 e. The lowest BCUT2D eigenvalue weighted by Crippen LogP contribution is -2.47. The van der Waals surface area contributed by atoms with Crippen LogP contribution in [-0.4, -0.2) is 50.3 Å². The van der Waals surface area contributed by atoms with Crippen LogP contribution in [-0.2, 0) is 4.74 Å². The summed E-state index contributed by atoms with van der Waals surface area (Å²) in [6.45, 7) is 7.95. The number of halogens is 1. The topological polar surface area (TPSA) is 36.9 Å². The molecule has 1 N–H and O–H groups in total. The molecular weight excluding hydrogens is 353 g/mol. The first-order valence-corrected chi connectivity index (χ1v) is 7.00. The molecule has 1 aliphatic heterocycles. The Labute approximate surface area is 134 Å². The second-order valence-corrected chi connectivity index (χ2v) is 4.47. The van der Waals surface area contributed by atoms with Crippen LogP contribution in [0.3, 0.4) is 0 Å². The van der Waals surface area contributed by atoms with Crippen molar-refractivity contribution in [1.82, 2.24) is 10.2 Å². The van der Waals surface area contributed by atoms with Gasteiger partial charge in [-0.2, -0.15) is 0 Å². The van der Waals surface area contributed by atoms with Gasteiger partial charge in [-0.15, -0.1) is 24.0 Å². The quantitative estimate of drug-likeness (QED) is 0.262. The molecule has 0 spiro atoms. The molecule has 0 radical (unpaired) electrons. The maximum Gasteiger partial charge on any atom is 0.193 e. The Morgan fingerprint density at radius 3 is 2.63 bits per heavy atom. The normalized spacial score (nSPS) is 17.6. The molecule has 19 heavy (non-hydrogen) atoms. The highest BCUT2D eigenvalue weighted by molar-refractivity contribution is 14.0. The van der Waals surface area contributed by atoms with Gasteiger partial charge in [-0.1, -0.05) is 12.2 Å². The first-order chi connectivity index (χ1) is 8.81. The van der Waals surface area contributed by atoms with Crippen molar-refractivity contribution >= 4 is 29.9 Å². The van der Waals surface area contributed by atoms with E-state index >= 15 is 0 Å². The van der Waals surface area contributed by atoms with E-state index in [1.54, 1.807) is 0 Å². The van der Waals surface area contributed by atoms with Gasteiger partial charge in [0.1, 0.15) is 0 Å². The zero-order valence-electron chi connectivity index (χ0n) is 12.4. The molecule has 0 saturated carbocycles. The van der Waals surface area contributed by atoms with Crippen molar-refractivity contribution in [1.29, 1.82) is 0 Å². The number of nitrogens with zero attached hydrogens (tertiary/aromatic N) is 2. The average Bonchev–Trinajstić information content (AvgIpc) is 2.41. The van der Waals surface area contributed by atoms with Gasteiger partial charge in [-0.05, 0) is 33.1 Å². The van der Waals surface area contributed by atoms with Gasteiger partial charge in [0.15, 0.2) is 5.96 Å². The lowest BCUT2D eigenvalue weighted by Gasteiger charge is -2.34. The Balaban J connectivity index is 0.00000324. The van der Waals surface area contributed by atoms with E-state index in [2.05, 4.69) is 34.3 Å². The van der Waals surface area contributed by atoms with E-state index in [0.29, 0.717) is 6.10 Å². The molecule has 1 fully saturated rings. The molecule has 1 rings (SSSR count). The van der Waals surface area contributed by atoms with Crippen LogP contribution in [0.25, 0.3) is 0 Å². The molecular formula is C14H28IN3O. The van der Waals surface area contributed by atoms with Gasteiger partial charge in [-0.25, -0.2) is 0 Å². The lowest BCUT2D eigenvalue weighted by molar-refractivity contribution is 0.0264. The van der Waals surface area contributed by atoms with E-state index in [0.717, 1.165) is 51.5 Å². The van der Waals surface area contributed by atoms with Crippen LogP contribution in [0.15, 0.2) is 17.1 Å². The Morgan fingerprint density at radius 2 is 2.11 bits per heavy atom. The van der Waals surface area contributed by atoms with Crippen molar-refractivity contribution in [3.8, 4) is 0 Å². The van der Waals surface area contributed by atoms with Crippen molar-refractivity contribution in [2.24, 2.45) is 4.99 Å². The summed E-state index contributed by atoms with van der Waals surface area (Å²) in [5.41, 5.74) is 0. The van der Waals surface area contributed by atoms with E-state index in [4.69, 9.17) is 4.74 Å². The second-order valence-electron chi connectivity index (χ2n) is 4.47. The zero-order chi connectivity index (χ0) is 13.2. The monoisotopic (exact) mass is 381 g/mol. The number of nitrogens with one attached hydrogen (secondary N) is 1. The number of hydrogen-bond donors (Lipinski definition) is 1. The molecule has 0 aliphatic carbocycles. The lowest BCUT2D eigenvalue weighted by atomic mass is 10.1. The molecule has 0 bridgehead atoms. The second kappa shape index (κ2) is 11.5. The SMILES string of the molecule is CC=CCCNC(=NC)N1CCC(OCC)CC1.I. The third-order valence-corrected chi connectivity index (χ3v) is 3.19. The zero-order valence-corrected chi connectivity index (χ0v) is 14.7. The van der Waals surface area contributed by atoms with Crippen LogP contribution in [0.5, 0.6) is 0 Å². The highest BCUT2D eigenvalue weighted by Crippen LogP contribution is 2.13. The molecule has 0 aromatic carbocycles. The Bertz CT molecular complexity index is 274. The molecule has 0 amide bonds. The van der Waals surface area contributed by atoms with Crippen LogP contribution in [0, 0.1) is 0 Å². The highest BCUT2D eigenvalue weighted by atomic mass is 127. The summed E-state index contributed by atoms with van der Waals surface area (Å²) >= 11 is 0. The number of likely N-dealkylation sites (tertiary alicyclic amines) is 1. The van der Waals surface area contributed by atoms with Gasteiger partial charge < -0.3 is 15.0 Å². The minimum absolute atomic E-state index is 0. The van der Waals surface area contributed by atoms with Gasteiger partial charge in [0.05, 0.1) is 6.10 Å². The molecule has 0 unspecified atom stereocenters. The summed E-state index contributed by atoms with van der Waals surface area (Å²) in [4.78, 5) is 6.67. The third-order valence-electron chi connectivity index (χ3n) is 3.19. The van der Waals surface area contributed by atoms with E-state index in [-0.39, 0.29) is 24.0 Å². The summed E-state index contributed by atoms with van der Waals surface area (Å²) in [6, 6.07) is 0. The summed E-state index contributed by atoms with van der Waals surface area (Å²) in [5.74, 6) is 1.02. The molecule has 1 saturated heterocycles. The molecule has 5 heteroatoms. The standard InChI is InChI=1S/C14H27N3O.HI/c1-4-6-7-10-16-14(15-3)17-11-8-13(9-12-17)18-5-2;/h4,6,13H,5,7-12H2,1-3H3,(H,15,16);1H. The van der Waals surface area contributed by atoms with Crippen LogP contribution < -0.4 is 5.32 Å². The summed E-state index contributed by atoms with van der Waals surface area (Å²) in [5, 5.41) is 3.40. The van der Waals surface area contributed by atoms with E-state index < -0.39 is 0 Å². The van der Waals surface area contributed by atoms with Gasteiger partial charge in [0, 0.05) is 33.3 Å². The van der Waals surface area contributed by atoms with Gasteiger partial charge in [0.25, 0.3) is 0 Å². The van der Waals surface area contributed by atoms with Crippen molar-refractivity contribution in [2.75, 3.05) is 33.3 Å². The maximum atomic E-state index is 5.66. The molecule has 1 heterocycles. The van der Waals surface area contributed by atoms with Crippen LogP contribution in [0.1, 0.15) is 33.1 Å². The number of ether oxygens (including phenoxy) is 1. The number of allylic oxidation sites excluding steroid dienone is 1. The first-order valence-electron chi connectivity index (χ1n) is 7.00. The molecule has 4 nitrogen and oxygen atoms in total. The van der Waals surface area contributed by atoms with Crippen molar-refractivity contribution in [3.63, 3.8) is 0 Å². The van der Waals surface area contributed by atoms with E-state index in [1.165, 1.54) is 0 Å². The van der Waals surface area contributed by atoms with Crippen molar-refractivity contribution < 1.29 is 4.74 Å². The Morgan fingerprint density at radius 1 is 1.42 bits per heavy atom. The smallest absolute Gasteiger partial charge is 0.193 e. The summed E-state index contributed by atoms with van der Waals surface area (Å²) in [6.07, 6.45) is 7.93. The number of rotatable bonds is 5. The van der Waals surface area contributed by atoms with Crippen molar-refractivity contribution in [3.05, 3.63) is 12.2 Å². The molecule has 0 aromatic rings. The van der Waals surface area contributed by atoms with E-state index in [1.807, 2.05) is 14.0 Å². The predicted octanol–water partition coefficient (Wildman–Crippen LogP) is 2.65. The summed E-state index contributed by atoms with van der Waals surface area (Å²) < 4.78 is 5.66. The van der Waals surface area contributed by atoms with Crippen LogP contribution in [0.2, 0.25) is 0 Å². The maximum absolute atomic E-state index is 5.66. The number of guanidine groups is 1. The fourth-order valence-corrected chi connectivity index (χ4v) is 2.24. The number of aliphatic imine (C=N–C) groups is 1. The van der Waals surface area contributed by atoms with Gasteiger partial charge >= 0.3 is 0 Å². The number of hydrogen-bond acceptors (Lipinski definition) is 2. The van der Waals surface area contributed by atoms with Crippen molar-refractivity contribution in [2.45, 2.75) is 39.2 Å². The molecule has 0 atom stereocenters. The molecule has 0 aromatic heterocycles. The first kappa shape index (κ1) is 18.7. The van der Waals surface area contributed by atoms with E-state index in [9.17, 15) is 0 Å². The summed E-state index contributed by atoms with van der Waals surface area (Å²) in [7, 11) is 1.85. The van der Waals surface area contributed by atoms with Gasteiger partial charge in [-0.3, -0.25) is 4.99 Å². The third kappa shape index (κ3) is 7.15. The largest absolute Gasteiger partial charge is 0.378 e. The fraction of sp³-hybridized carbons (Fsp3) is 0.786. The van der Waals surface area contributed by atoms with Gasteiger partial charge in [0.2, 0.25) is 0 Å². The average molecular weight is 381 g/mol. The highest BCUT2D eigenvalue weighted by Gasteiger charge is 2.21. The molecule has 1 aliphatic rings. The predicted molar refractivity (Wildman–Crippen MR) is 92.4 cm³/mol. The Hall–Kier alpha value is -0.300. The fourth-order valence-electron chi connectivity index (χ4n) is 2.24. The Kier molecular flexibility index (Phi) is 11.3. The van der Waals surface area contributed by atoms with Crippen LogP contribution in [0.4, 0.5) is 0 Å². The van der Waals surface area contributed by atoms with Crippen LogP contribution >= 0.6 is 24.0 Å².